The van der Waals surface area contributed by atoms with Crippen LogP contribution in [0.25, 0.3) is 0 Å². The zero-order valence-corrected chi connectivity index (χ0v) is 16.4. The lowest BCUT2D eigenvalue weighted by Crippen LogP contribution is -2.32. The van der Waals surface area contributed by atoms with E-state index in [9.17, 15) is 24.3 Å². The second-order valence-corrected chi connectivity index (χ2v) is 6.59. The Kier molecular flexibility index (Phi) is 6.02. The van der Waals surface area contributed by atoms with E-state index in [2.05, 4.69) is 0 Å². The van der Waals surface area contributed by atoms with Crippen molar-refractivity contribution in [2.24, 2.45) is 0 Å². The molecule has 0 aliphatic carbocycles. The Labute approximate surface area is 171 Å². The molecule has 0 fully saturated rings. The van der Waals surface area contributed by atoms with Crippen LogP contribution in [0.4, 0.5) is 4.39 Å². The van der Waals surface area contributed by atoms with Crippen molar-refractivity contribution in [3.05, 3.63) is 81.3 Å². The van der Waals surface area contributed by atoms with Gasteiger partial charge in [0.05, 0.1) is 18.4 Å². The molecule has 7 nitrogen and oxygen atoms in total. The summed E-state index contributed by atoms with van der Waals surface area (Å²) >= 11 is 0. The first-order valence-electron chi connectivity index (χ1n) is 9.23. The smallest absolute Gasteiger partial charge is 0.271 e. The third-order valence-corrected chi connectivity index (χ3v) is 4.71. The zero-order valence-electron chi connectivity index (χ0n) is 16.4. The van der Waals surface area contributed by atoms with E-state index in [0.717, 1.165) is 4.57 Å². The van der Waals surface area contributed by atoms with Crippen LogP contribution in [0.3, 0.4) is 0 Å². The number of aromatic hydroxyl groups is 1. The van der Waals surface area contributed by atoms with Gasteiger partial charge in [-0.2, -0.15) is 5.26 Å². The van der Waals surface area contributed by atoms with E-state index in [0.29, 0.717) is 5.76 Å². The number of benzene rings is 1. The Morgan fingerprint density at radius 3 is 2.67 bits per heavy atom. The molecular formula is C22H19FN2O5. The Morgan fingerprint density at radius 1 is 1.33 bits per heavy atom. The number of pyridine rings is 1. The van der Waals surface area contributed by atoms with Crippen LogP contribution in [0.1, 0.15) is 40.6 Å². The standard InChI is InChI=1S/C22H19FN2O5/c1-3-17(30-18-9-5-4-8-16(18)23)20(26)19-13(2)15(11-24)21(27)25(22(19)28)12-14-7-6-10-29-14/h4-10,17,28H,3,12H2,1-2H3. The average molecular weight is 410 g/mol. The first-order chi connectivity index (χ1) is 14.4. The van der Waals surface area contributed by atoms with Gasteiger partial charge in [0.2, 0.25) is 11.7 Å². The molecule has 3 aromatic rings. The third-order valence-electron chi connectivity index (χ3n) is 4.71. The largest absolute Gasteiger partial charge is 0.494 e. The van der Waals surface area contributed by atoms with Gasteiger partial charge in [0.1, 0.15) is 17.4 Å². The zero-order chi connectivity index (χ0) is 21.8. The van der Waals surface area contributed by atoms with Crippen molar-refractivity contribution >= 4 is 5.78 Å². The van der Waals surface area contributed by atoms with Gasteiger partial charge in [-0.15, -0.1) is 0 Å². The van der Waals surface area contributed by atoms with Crippen LogP contribution in [-0.4, -0.2) is 21.6 Å². The minimum Gasteiger partial charge on any atom is -0.494 e. The Hall–Kier alpha value is -3.86. The summed E-state index contributed by atoms with van der Waals surface area (Å²) < 4.78 is 25.6. The van der Waals surface area contributed by atoms with Gasteiger partial charge in [0, 0.05) is 0 Å². The van der Waals surface area contributed by atoms with Gasteiger partial charge in [-0.25, -0.2) is 4.39 Å². The van der Waals surface area contributed by atoms with Crippen LogP contribution >= 0.6 is 0 Å². The van der Waals surface area contributed by atoms with Crippen molar-refractivity contribution in [1.29, 1.82) is 5.26 Å². The number of nitriles is 1. The number of hydrogen-bond donors (Lipinski definition) is 1. The molecule has 0 saturated carbocycles. The summed E-state index contributed by atoms with van der Waals surface area (Å²) in [5.74, 6) is -1.66. The highest BCUT2D eigenvalue weighted by atomic mass is 19.1. The van der Waals surface area contributed by atoms with Crippen molar-refractivity contribution in [3.8, 4) is 17.7 Å². The van der Waals surface area contributed by atoms with E-state index in [1.165, 1.54) is 31.4 Å². The predicted octanol–water partition coefficient (Wildman–Crippen LogP) is 3.55. The first kappa shape index (κ1) is 20.9. The van der Waals surface area contributed by atoms with Crippen LogP contribution < -0.4 is 10.3 Å². The van der Waals surface area contributed by atoms with Crippen LogP contribution in [0.15, 0.2) is 51.9 Å². The molecule has 1 aromatic carbocycles. The molecule has 0 aliphatic rings. The molecule has 1 N–H and O–H groups in total. The van der Waals surface area contributed by atoms with Gasteiger partial charge in [-0.05, 0) is 43.2 Å². The number of hydrogen-bond acceptors (Lipinski definition) is 6. The normalized spacial score (nSPS) is 11.7. The molecule has 30 heavy (non-hydrogen) atoms. The number of Topliss-reactive ketones (excluding diaryl/α,β-unsaturated/α-hetero) is 1. The Bertz CT molecular complexity index is 1180. The summed E-state index contributed by atoms with van der Waals surface area (Å²) in [5.41, 5.74) is -1.20. The summed E-state index contributed by atoms with van der Waals surface area (Å²) in [7, 11) is 0. The van der Waals surface area contributed by atoms with Crippen LogP contribution in [0.2, 0.25) is 0 Å². The molecule has 2 heterocycles. The van der Waals surface area contributed by atoms with Crippen LogP contribution in [0, 0.1) is 24.1 Å². The molecule has 0 radical (unpaired) electrons. The summed E-state index contributed by atoms with van der Waals surface area (Å²) in [6.07, 6.45) is 0.441. The molecule has 0 bridgehead atoms. The highest BCUT2D eigenvalue weighted by Crippen LogP contribution is 2.27. The highest BCUT2D eigenvalue weighted by Gasteiger charge is 2.30. The maximum absolute atomic E-state index is 14.0. The Balaban J connectivity index is 2.09. The second kappa shape index (κ2) is 8.66. The molecule has 0 spiro atoms. The first-order valence-corrected chi connectivity index (χ1v) is 9.23. The van der Waals surface area contributed by atoms with Crippen LogP contribution in [0.5, 0.6) is 11.6 Å². The van der Waals surface area contributed by atoms with Gasteiger partial charge in [-0.1, -0.05) is 19.1 Å². The van der Waals surface area contributed by atoms with Gasteiger partial charge < -0.3 is 14.3 Å². The molecule has 3 rings (SSSR count). The topological polar surface area (TPSA) is 105 Å². The number of rotatable bonds is 7. The fraction of sp³-hybridized carbons (Fsp3) is 0.227. The average Bonchev–Trinajstić information content (AvgIpc) is 3.24. The van der Waals surface area contributed by atoms with Gasteiger partial charge >= 0.3 is 0 Å². The van der Waals surface area contributed by atoms with E-state index in [-0.39, 0.29) is 35.4 Å². The number of para-hydroxylation sites is 1. The van der Waals surface area contributed by atoms with Crippen molar-refractivity contribution in [3.63, 3.8) is 0 Å². The fourth-order valence-electron chi connectivity index (χ4n) is 3.13. The van der Waals surface area contributed by atoms with E-state index >= 15 is 0 Å². The predicted molar refractivity (Wildman–Crippen MR) is 105 cm³/mol. The number of halogens is 1. The summed E-state index contributed by atoms with van der Waals surface area (Å²) in [4.78, 5) is 25.9. The Morgan fingerprint density at radius 2 is 2.07 bits per heavy atom. The second-order valence-electron chi connectivity index (χ2n) is 6.59. The SMILES string of the molecule is CCC(Oc1ccccc1F)C(=O)c1c(C)c(C#N)c(=O)n(Cc2ccco2)c1O. The number of carbonyl (C=O) groups excluding carboxylic acids is 1. The number of aromatic nitrogens is 1. The molecule has 2 aromatic heterocycles. The van der Waals surface area contributed by atoms with Crippen molar-refractivity contribution < 1.29 is 23.4 Å². The van der Waals surface area contributed by atoms with Crippen LogP contribution in [-0.2, 0) is 6.54 Å². The minimum absolute atomic E-state index is 0.0382. The molecule has 8 heteroatoms. The maximum Gasteiger partial charge on any atom is 0.271 e. The molecule has 154 valence electrons. The molecular weight excluding hydrogens is 391 g/mol. The lowest BCUT2D eigenvalue weighted by Gasteiger charge is -2.20. The molecule has 0 amide bonds. The van der Waals surface area contributed by atoms with Gasteiger partial charge in [0.15, 0.2) is 17.7 Å². The number of carbonyl (C=O) groups is 1. The summed E-state index contributed by atoms with van der Waals surface area (Å²) in [6, 6.07) is 10.6. The molecule has 1 atom stereocenters. The van der Waals surface area contributed by atoms with E-state index in [1.807, 2.05) is 0 Å². The van der Waals surface area contributed by atoms with Crippen molar-refractivity contribution in [2.45, 2.75) is 32.9 Å². The quantitative estimate of drug-likeness (QED) is 0.597. The maximum atomic E-state index is 14.0. The van der Waals surface area contributed by atoms with Gasteiger partial charge in [-0.3, -0.25) is 14.2 Å². The lowest BCUT2D eigenvalue weighted by molar-refractivity contribution is 0.0774. The van der Waals surface area contributed by atoms with E-state index in [1.54, 1.807) is 31.2 Å². The number of nitrogens with zero attached hydrogens (tertiary/aromatic N) is 2. The van der Waals surface area contributed by atoms with Crippen molar-refractivity contribution in [1.82, 2.24) is 4.57 Å². The number of ether oxygens (including phenoxy) is 1. The fourth-order valence-corrected chi connectivity index (χ4v) is 3.13. The molecule has 1 unspecified atom stereocenters. The summed E-state index contributed by atoms with van der Waals surface area (Å²) in [5, 5.41) is 20.2. The lowest BCUT2D eigenvalue weighted by atomic mass is 9.97. The monoisotopic (exact) mass is 410 g/mol. The van der Waals surface area contributed by atoms with Crippen molar-refractivity contribution in [2.75, 3.05) is 0 Å². The number of ketones is 1. The minimum atomic E-state index is -1.13. The summed E-state index contributed by atoms with van der Waals surface area (Å²) in [6.45, 7) is 2.90. The number of furan rings is 1. The highest BCUT2D eigenvalue weighted by molar-refractivity contribution is 6.03. The molecule has 0 saturated heterocycles. The van der Waals surface area contributed by atoms with E-state index in [4.69, 9.17) is 9.15 Å². The van der Waals surface area contributed by atoms with E-state index < -0.39 is 29.1 Å². The third kappa shape index (κ3) is 3.82. The van der Waals surface area contributed by atoms with Gasteiger partial charge in [0.25, 0.3) is 5.56 Å². The molecule has 0 aliphatic heterocycles.